The lowest BCUT2D eigenvalue weighted by Gasteiger charge is -2.30. The second-order valence-electron chi connectivity index (χ2n) is 6.07. The van der Waals surface area contributed by atoms with Crippen molar-refractivity contribution in [2.45, 2.75) is 39.3 Å². The molecule has 1 saturated heterocycles. The Morgan fingerprint density at radius 1 is 1.41 bits per heavy atom. The zero-order valence-corrected chi connectivity index (χ0v) is 13.1. The van der Waals surface area contributed by atoms with Gasteiger partial charge in [0.1, 0.15) is 0 Å². The van der Waals surface area contributed by atoms with E-state index in [1.54, 1.807) is 6.07 Å². The van der Waals surface area contributed by atoms with Gasteiger partial charge in [-0.25, -0.2) is 4.79 Å². The monoisotopic (exact) mass is 305 g/mol. The molecule has 1 N–H and O–H groups in total. The van der Waals surface area contributed by atoms with Crippen LogP contribution in [-0.2, 0) is 16.1 Å². The lowest BCUT2D eigenvalue weighted by atomic mass is 9.97. The molecule has 0 radical (unpaired) electrons. The number of carboxylic acid groups (broad SMARTS) is 1. The normalized spacial score (nSPS) is 19.1. The molecule has 1 aromatic carbocycles. The number of benzene rings is 1. The molecule has 2 rings (SSSR count). The average molecular weight is 305 g/mol. The molecule has 0 saturated carbocycles. The molecule has 1 heterocycles. The summed E-state index contributed by atoms with van der Waals surface area (Å²) >= 11 is 0. The van der Waals surface area contributed by atoms with Crippen molar-refractivity contribution in [1.29, 1.82) is 0 Å². The lowest BCUT2D eigenvalue weighted by Crippen LogP contribution is -2.38. The molecule has 1 unspecified atom stereocenters. The van der Waals surface area contributed by atoms with Crippen LogP contribution in [0.1, 0.15) is 42.6 Å². The van der Waals surface area contributed by atoms with E-state index in [4.69, 9.17) is 9.84 Å². The van der Waals surface area contributed by atoms with Crippen LogP contribution in [0.5, 0.6) is 0 Å². The predicted octanol–water partition coefficient (Wildman–Crippen LogP) is 2.55. The van der Waals surface area contributed by atoms with E-state index in [0.29, 0.717) is 18.7 Å². The molecule has 0 bridgehead atoms. The SMILES string of the molecule is CC(C)OC(=O)c1cccc(CN2CCCC(C(=O)O)C2)c1. The van der Waals surface area contributed by atoms with Gasteiger partial charge in [-0.2, -0.15) is 0 Å². The molecule has 5 nitrogen and oxygen atoms in total. The standard InChI is InChI=1S/C17H23NO4/c1-12(2)22-17(21)14-6-3-5-13(9-14)10-18-8-4-7-15(11-18)16(19)20/h3,5-6,9,12,15H,4,7-8,10-11H2,1-2H3,(H,19,20). The summed E-state index contributed by atoms with van der Waals surface area (Å²) in [5.41, 5.74) is 1.54. The molecule has 1 atom stereocenters. The van der Waals surface area contributed by atoms with Crippen LogP contribution >= 0.6 is 0 Å². The Morgan fingerprint density at radius 3 is 2.86 bits per heavy atom. The van der Waals surface area contributed by atoms with Gasteiger partial charge in [-0.3, -0.25) is 9.69 Å². The van der Waals surface area contributed by atoms with E-state index in [0.717, 1.165) is 24.9 Å². The minimum absolute atomic E-state index is 0.144. The van der Waals surface area contributed by atoms with E-state index in [1.807, 2.05) is 32.0 Å². The first-order valence-electron chi connectivity index (χ1n) is 7.71. The van der Waals surface area contributed by atoms with Crippen molar-refractivity contribution in [2.24, 2.45) is 5.92 Å². The second-order valence-corrected chi connectivity index (χ2v) is 6.07. The average Bonchev–Trinajstić information content (AvgIpc) is 2.47. The number of hydrogen-bond acceptors (Lipinski definition) is 4. The van der Waals surface area contributed by atoms with E-state index >= 15 is 0 Å². The molecular weight excluding hydrogens is 282 g/mol. The molecule has 0 aliphatic carbocycles. The molecule has 22 heavy (non-hydrogen) atoms. The van der Waals surface area contributed by atoms with E-state index in [-0.39, 0.29) is 18.0 Å². The van der Waals surface area contributed by atoms with Gasteiger partial charge in [0.25, 0.3) is 0 Å². The Morgan fingerprint density at radius 2 is 2.18 bits per heavy atom. The summed E-state index contributed by atoms with van der Waals surface area (Å²) in [6, 6.07) is 7.36. The molecule has 1 aliphatic rings. The third kappa shape index (κ3) is 4.56. The number of piperidine rings is 1. The third-order valence-corrected chi connectivity index (χ3v) is 3.77. The number of carboxylic acids is 1. The molecule has 0 spiro atoms. The van der Waals surface area contributed by atoms with Crippen LogP contribution in [0.15, 0.2) is 24.3 Å². The Hall–Kier alpha value is -1.88. The molecule has 1 aliphatic heterocycles. The van der Waals surface area contributed by atoms with Crippen molar-refractivity contribution in [3.63, 3.8) is 0 Å². The summed E-state index contributed by atoms with van der Waals surface area (Å²) in [5, 5.41) is 9.14. The van der Waals surface area contributed by atoms with E-state index in [2.05, 4.69) is 4.90 Å². The maximum absolute atomic E-state index is 11.9. The topological polar surface area (TPSA) is 66.8 Å². The van der Waals surface area contributed by atoms with E-state index < -0.39 is 5.97 Å². The number of carbonyl (C=O) groups excluding carboxylic acids is 1. The highest BCUT2D eigenvalue weighted by molar-refractivity contribution is 5.89. The second kappa shape index (κ2) is 7.40. The van der Waals surface area contributed by atoms with Gasteiger partial charge < -0.3 is 9.84 Å². The molecule has 1 aromatic rings. The summed E-state index contributed by atoms with van der Waals surface area (Å²) < 4.78 is 5.20. The Balaban J connectivity index is 2.01. The van der Waals surface area contributed by atoms with Gasteiger partial charge >= 0.3 is 11.9 Å². The Kier molecular flexibility index (Phi) is 5.55. The largest absolute Gasteiger partial charge is 0.481 e. The van der Waals surface area contributed by atoms with Crippen LogP contribution < -0.4 is 0 Å². The molecule has 1 fully saturated rings. The zero-order chi connectivity index (χ0) is 16.1. The summed E-state index contributed by atoms with van der Waals surface area (Å²) in [6.07, 6.45) is 1.49. The van der Waals surface area contributed by atoms with Crippen molar-refractivity contribution in [3.8, 4) is 0 Å². The van der Waals surface area contributed by atoms with E-state index in [1.165, 1.54) is 0 Å². The minimum Gasteiger partial charge on any atom is -0.481 e. The van der Waals surface area contributed by atoms with E-state index in [9.17, 15) is 9.59 Å². The maximum Gasteiger partial charge on any atom is 0.338 e. The first kappa shape index (κ1) is 16.5. The van der Waals surface area contributed by atoms with Gasteiger partial charge in [-0.1, -0.05) is 12.1 Å². The van der Waals surface area contributed by atoms with Crippen LogP contribution in [-0.4, -0.2) is 41.1 Å². The van der Waals surface area contributed by atoms with Gasteiger partial charge in [0.15, 0.2) is 0 Å². The van der Waals surface area contributed by atoms with Gasteiger partial charge in [0.05, 0.1) is 17.6 Å². The number of nitrogens with zero attached hydrogens (tertiary/aromatic N) is 1. The van der Waals surface area contributed by atoms with Crippen molar-refractivity contribution >= 4 is 11.9 Å². The van der Waals surface area contributed by atoms with Gasteiger partial charge in [0, 0.05) is 13.1 Å². The van der Waals surface area contributed by atoms with Crippen LogP contribution in [0.4, 0.5) is 0 Å². The smallest absolute Gasteiger partial charge is 0.338 e. The van der Waals surface area contributed by atoms with Crippen molar-refractivity contribution in [2.75, 3.05) is 13.1 Å². The number of aliphatic carboxylic acids is 1. The van der Waals surface area contributed by atoms with Crippen molar-refractivity contribution in [1.82, 2.24) is 4.90 Å². The van der Waals surface area contributed by atoms with Crippen LogP contribution in [0.2, 0.25) is 0 Å². The summed E-state index contributed by atoms with van der Waals surface area (Å²) in [5.74, 6) is -1.33. The van der Waals surface area contributed by atoms with Gasteiger partial charge in [0.2, 0.25) is 0 Å². The third-order valence-electron chi connectivity index (χ3n) is 3.77. The summed E-state index contributed by atoms with van der Waals surface area (Å²) in [4.78, 5) is 25.2. The number of hydrogen-bond donors (Lipinski definition) is 1. The Labute approximate surface area is 130 Å². The van der Waals surface area contributed by atoms with Crippen LogP contribution in [0, 0.1) is 5.92 Å². The molecule has 120 valence electrons. The fourth-order valence-corrected chi connectivity index (χ4v) is 2.74. The molecule has 0 aromatic heterocycles. The quantitative estimate of drug-likeness (QED) is 0.847. The highest BCUT2D eigenvalue weighted by atomic mass is 16.5. The number of esters is 1. The van der Waals surface area contributed by atoms with Crippen LogP contribution in [0.3, 0.4) is 0 Å². The zero-order valence-electron chi connectivity index (χ0n) is 13.1. The predicted molar refractivity (Wildman–Crippen MR) is 82.6 cm³/mol. The summed E-state index contributed by atoms with van der Waals surface area (Å²) in [6.45, 7) is 5.76. The fourth-order valence-electron chi connectivity index (χ4n) is 2.74. The maximum atomic E-state index is 11.9. The van der Waals surface area contributed by atoms with Crippen molar-refractivity contribution in [3.05, 3.63) is 35.4 Å². The lowest BCUT2D eigenvalue weighted by molar-refractivity contribution is -0.143. The van der Waals surface area contributed by atoms with Gasteiger partial charge in [-0.05, 0) is 50.9 Å². The first-order chi connectivity index (χ1) is 10.5. The highest BCUT2D eigenvalue weighted by Crippen LogP contribution is 2.19. The van der Waals surface area contributed by atoms with Gasteiger partial charge in [-0.15, -0.1) is 0 Å². The summed E-state index contributed by atoms with van der Waals surface area (Å²) in [7, 11) is 0. The van der Waals surface area contributed by atoms with Crippen molar-refractivity contribution < 1.29 is 19.4 Å². The molecule has 0 amide bonds. The minimum atomic E-state index is -0.723. The number of rotatable bonds is 5. The Bertz CT molecular complexity index is 541. The fraction of sp³-hybridized carbons (Fsp3) is 0.529. The molecular formula is C17H23NO4. The first-order valence-corrected chi connectivity index (χ1v) is 7.71. The van der Waals surface area contributed by atoms with Crippen LogP contribution in [0.25, 0.3) is 0 Å². The highest BCUT2D eigenvalue weighted by Gasteiger charge is 2.25. The number of ether oxygens (including phenoxy) is 1. The number of carbonyl (C=O) groups is 2. The number of likely N-dealkylation sites (tertiary alicyclic amines) is 1. The molecule has 5 heteroatoms.